The molecule has 17 heavy (non-hydrogen) atoms. The number of halogens is 3. The summed E-state index contributed by atoms with van der Waals surface area (Å²) in [5.41, 5.74) is 7.19. The van der Waals surface area contributed by atoms with E-state index in [-0.39, 0.29) is 12.6 Å². The van der Waals surface area contributed by atoms with Gasteiger partial charge in [0.25, 0.3) is 0 Å². The maximum atomic E-state index is 12.1. The molecule has 1 aromatic carbocycles. The first-order valence-electron chi connectivity index (χ1n) is 5.42. The Bertz CT molecular complexity index is 363. The second-order valence-corrected chi connectivity index (χ2v) is 4.19. The Morgan fingerprint density at radius 1 is 1.35 bits per heavy atom. The van der Waals surface area contributed by atoms with Gasteiger partial charge in [0.2, 0.25) is 0 Å². The van der Waals surface area contributed by atoms with Crippen molar-refractivity contribution < 1.29 is 13.2 Å². The maximum absolute atomic E-state index is 12.1. The number of nitrogens with zero attached hydrogens (tertiary/aromatic N) is 1. The summed E-state index contributed by atoms with van der Waals surface area (Å²) in [5, 5.41) is 0. The van der Waals surface area contributed by atoms with Gasteiger partial charge in [0.05, 0.1) is 6.42 Å². The van der Waals surface area contributed by atoms with Gasteiger partial charge in [-0.05, 0) is 31.7 Å². The van der Waals surface area contributed by atoms with Gasteiger partial charge in [-0.25, -0.2) is 0 Å². The van der Waals surface area contributed by atoms with E-state index in [2.05, 4.69) is 0 Å². The fourth-order valence-corrected chi connectivity index (χ4v) is 1.57. The highest BCUT2D eigenvalue weighted by molar-refractivity contribution is 5.41. The average Bonchev–Trinajstić information content (AvgIpc) is 2.24. The topological polar surface area (TPSA) is 29.3 Å². The molecule has 1 unspecified atom stereocenters. The van der Waals surface area contributed by atoms with Crippen LogP contribution in [-0.2, 0) is 0 Å². The van der Waals surface area contributed by atoms with E-state index >= 15 is 0 Å². The number of anilines is 1. The predicted molar refractivity (Wildman–Crippen MR) is 62.6 cm³/mol. The van der Waals surface area contributed by atoms with Crippen LogP contribution in [0.3, 0.4) is 0 Å². The molecule has 0 aliphatic heterocycles. The van der Waals surface area contributed by atoms with Gasteiger partial charge in [0, 0.05) is 18.3 Å². The number of alkyl halides is 3. The van der Waals surface area contributed by atoms with E-state index in [4.69, 9.17) is 5.73 Å². The summed E-state index contributed by atoms with van der Waals surface area (Å²) in [5.74, 6) is 0. The third-order valence-corrected chi connectivity index (χ3v) is 2.80. The molecule has 0 amide bonds. The van der Waals surface area contributed by atoms with Crippen molar-refractivity contribution in [3.05, 3.63) is 29.8 Å². The standard InChI is InChI=1S/C12H17F3N2/c1-9(10-4-3-5-11(16)8-10)17(2)7-6-12(13,14)15/h3-5,8-9H,6-7,16H2,1-2H3. The van der Waals surface area contributed by atoms with Gasteiger partial charge in [-0.3, -0.25) is 4.90 Å². The lowest BCUT2D eigenvalue weighted by molar-refractivity contribution is -0.138. The SMILES string of the molecule is CC(c1cccc(N)c1)N(C)CCC(F)(F)F. The zero-order chi connectivity index (χ0) is 13.1. The van der Waals surface area contributed by atoms with Crippen LogP contribution in [0.15, 0.2) is 24.3 Å². The molecule has 0 aliphatic carbocycles. The van der Waals surface area contributed by atoms with Crippen LogP contribution in [0.4, 0.5) is 18.9 Å². The smallest absolute Gasteiger partial charge is 0.390 e. The minimum atomic E-state index is -4.11. The molecule has 1 atom stereocenters. The molecule has 0 fully saturated rings. The molecule has 0 heterocycles. The second-order valence-electron chi connectivity index (χ2n) is 4.19. The fraction of sp³-hybridized carbons (Fsp3) is 0.500. The molecule has 0 saturated heterocycles. The molecule has 0 aliphatic rings. The van der Waals surface area contributed by atoms with E-state index in [1.807, 2.05) is 13.0 Å². The minimum Gasteiger partial charge on any atom is -0.399 e. The number of hydrogen-bond donors (Lipinski definition) is 1. The Balaban J connectivity index is 2.60. The summed E-state index contributed by atoms with van der Waals surface area (Å²) < 4.78 is 36.3. The van der Waals surface area contributed by atoms with Gasteiger partial charge in [0.15, 0.2) is 0 Å². The highest BCUT2D eigenvalue weighted by Crippen LogP contribution is 2.24. The largest absolute Gasteiger partial charge is 0.399 e. The Morgan fingerprint density at radius 3 is 2.53 bits per heavy atom. The lowest BCUT2D eigenvalue weighted by atomic mass is 10.1. The molecule has 2 nitrogen and oxygen atoms in total. The average molecular weight is 246 g/mol. The van der Waals surface area contributed by atoms with Crippen LogP contribution < -0.4 is 5.73 Å². The molecule has 0 bridgehead atoms. The van der Waals surface area contributed by atoms with Crippen molar-refractivity contribution in [3.8, 4) is 0 Å². The number of rotatable bonds is 4. The van der Waals surface area contributed by atoms with Gasteiger partial charge in [-0.15, -0.1) is 0 Å². The predicted octanol–water partition coefficient (Wildman–Crippen LogP) is 3.21. The fourth-order valence-electron chi connectivity index (χ4n) is 1.57. The van der Waals surface area contributed by atoms with Crippen molar-refractivity contribution in [2.45, 2.75) is 25.6 Å². The molecule has 0 radical (unpaired) electrons. The Hall–Kier alpha value is -1.23. The molecular formula is C12H17F3N2. The van der Waals surface area contributed by atoms with E-state index in [1.54, 1.807) is 30.1 Å². The van der Waals surface area contributed by atoms with Crippen molar-refractivity contribution in [3.63, 3.8) is 0 Å². The van der Waals surface area contributed by atoms with Crippen LogP contribution in [0.25, 0.3) is 0 Å². The van der Waals surface area contributed by atoms with E-state index < -0.39 is 12.6 Å². The molecule has 0 saturated carbocycles. The third kappa shape index (κ3) is 4.65. The summed E-state index contributed by atoms with van der Waals surface area (Å²) >= 11 is 0. The van der Waals surface area contributed by atoms with Crippen molar-refractivity contribution in [1.82, 2.24) is 4.90 Å². The highest BCUT2D eigenvalue weighted by atomic mass is 19.4. The first kappa shape index (κ1) is 13.8. The first-order valence-corrected chi connectivity index (χ1v) is 5.42. The summed E-state index contributed by atoms with van der Waals surface area (Å²) in [6.07, 6.45) is -4.90. The number of nitrogens with two attached hydrogens (primary N) is 1. The highest BCUT2D eigenvalue weighted by Gasteiger charge is 2.28. The summed E-state index contributed by atoms with van der Waals surface area (Å²) in [6, 6.07) is 7.13. The molecule has 5 heteroatoms. The molecule has 1 aromatic rings. The number of nitrogen functional groups attached to an aromatic ring is 1. The summed E-state index contributed by atoms with van der Waals surface area (Å²) in [6.45, 7) is 1.85. The quantitative estimate of drug-likeness (QED) is 0.826. The Labute approximate surface area is 99.2 Å². The lowest BCUT2D eigenvalue weighted by Crippen LogP contribution is -2.27. The van der Waals surface area contributed by atoms with E-state index in [0.717, 1.165) is 5.56 Å². The number of benzene rings is 1. The van der Waals surface area contributed by atoms with Crippen molar-refractivity contribution in [2.75, 3.05) is 19.3 Å². The van der Waals surface area contributed by atoms with Crippen LogP contribution >= 0.6 is 0 Å². The molecule has 0 spiro atoms. The van der Waals surface area contributed by atoms with Crippen LogP contribution in [0.5, 0.6) is 0 Å². The van der Waals surface area contributed by atoms with Crippen molar-refractivity contribution in [1.29, 1.82) is 0 Å². The van der Waals surface area contributed by atoms with Gasteiger partial charge >= 0.3 is 6.18 Å². The van der Waals surface area contributed by atoms with Crippen molar-refractivity contribution >= 4 is 5.69 Å². The molecule has 1 rings (SSSR count). The summed E-state index contributed by atoms with van der Waals surface area (Å²) in [4.78, 5) is 1.67. The van der Waals surface area contributed by atoms with E-state index in [1.165, 1.54) is 0 Å². The Morgan fingerprint density at radius 2 is 2.00 bits per heavy atom. The van der Waals surface area contributed by atoms with Crippen LogP contribution in [0, 0.1) is 0 Å². The summed E-state index contributed by atoms with van der Waals surface area (Å²) in [7, 11) is 1.68. The van der Waals surface area contributed by atoms with E-state index in [0.29, 0.717) is 5.69 Å². The molecule has 2 N–H and O–H groups in total. The maximum Gasteiger partial charge on any atom is 0.390 e. The van der Waals surface area contributed by atoms with Crippen LogP contribution in [0.2, 0.25) is 0 Å². The Kier molecular flexibility index (Phi) is 4.40. The lowest BCUT2D eigenvalue weighted by Gasteiger charge is -2.25. The zero-order valence-corrected chi connectivity index (χ0v) is 9.96. The van der Waals surface area contributed by atoms with E-state index in [9.17, 15) is 13.2 Å². The van der Waals surface area contributed by atoms with Gasteiger partial charge < -0.3 is 5.73 Å². The van der Waals surface area contributed by atoms with Gasteiger partial charge in [-0.1, -0.05) is 12.1 Å². The zero-order valence-electron chi connectivity index (χ0n) is 9.96. The van der Waals surface area contributed by atoms with Crippen molar-refractivity contribution in [2.24, 2.45) is 0 Å². The van der Waals surface area contributed by atoms with Gasteiger partial charge in [0.1, 0.15) is 0 Å². The third-order valence-electron chi connectivity index (χ3n) is 2.80. The minimum absolute atomic E-state index is 0.0144. The van der Waals surface area contributed by atoms with Gasteiger partial charge in [-0.2, -0.15) is 13.2 Å². The van der Waals surface area contributed by atoms with Crippen LogP contribution in [-0.4, -0.2) is 24.7 Å². The molecule has 96 valence electrons. The number of hydrogen-bond acceptors (Lipinski definition) is 2. The second kappa shape index (κ2) is 5.40. The normalized spacial score (nSPS) is 14.0. The first-order chi connectivity index (χ1) is 7.79. The molecular weight excluding hydrogens is 229 g/mol. The monoisotopic (exact) mass is 246 g/mol. The van der Waals surface area contributed by atoms with Crippen LogP contribution in [0.1, 0.15) is 24.9 Å². The molecule has 0 aromatic heterocycles.